The van der Waals surface area contributed by atoms with Gasteiger partial charge in [0.15, 0.2) is 5.54 Å². The molecule has 3 atom stereocenters. The number of β-amino-alcohol motifs (C(OH)–C–C–N with tert-alkyl or cyclic N) is 1. The van der Waals surface area contributed by atoms with Gasteiger partial charge in [0.1, 0.15) is 17.8 Å². The highest BCUT2D eigenvalue weighted by molar-refractivity contribution is 7.93. The molecule has 13 heteroatoms. The summed E-state index contributed by atoms with van der Waals surface area (Å²) in [4.78, 5) is 23.4. The number of nitriles is 1. The molecule has 1 fully saturated rings. The Morgan fingerprint density at radius 2 is 1.85 bits per heavy atom. The Kier molecular flexibility index (Phi) is 8.07. The van der Waals surface area contributed by atoms with E-state index in [9.17, 15) is 18.8 Å². The Bertz CT molecular complexity index is 1920. The van der Waals surface area contributed by atoms with Gasteiger partial charge in [-0.15, -0.1) is 0 Å². The summed E-state index contributed by atoms with van der Waals surface area (Å²) in [5.41, 5.74) is -0.169. The normalized spacial score (nSPS) is 21.4. The molecule has 12 nitrogen and oxygen atoms in total. The highest BCUT2D eigenvalue weighted by Gasteiger charge is 2.63. The van der Waals surface area contributed by atoms with Crippen LogP contribution in [0.3, 0.4) is 0 Å². The summed E-state index contributed by atoms with van der Waals surface area (Å²) >= 11 is 0. The van der Waals surface area contributed by atoms with Crippen molar-refractivity contribution in [2.45, 2.75) is 35.5 Å². The minimum absolute atomic E-state index is 0.0352. The molecule has 2 aliphatic rings. The molecule has 0 radical (unpaired) electrons. The third-order valence-electron chi connectivity index (χ3n) is 8.42. The van der Waals surface area contributed by atoms with Gasteiger partial charge in [-0.1, -0.05) is 6.07 Å². The van der Waals surface area contributed by atoms with Crippen LogP contribution in [0.15, 0.2) is 82.4 Å². The third kappa shape index (κ3) is 4.90. The molecule has 3 heterocycles. The molecule has 2 aliphatic heterocycles. The van der Waals surface area contributed by atoms with Gasteiger partial charge in [0, 0.05) is 24.2 Å². The predicted molar refractivity (Wildman–Crippen MR) is 167 cm³/mol. The highest BCUT2D eigenvalue weighted by atomic mass is 32.2. The monoisotopic (exact) mass is 643 g/mol. The van der Waals surface area contributed by atoms with Crippen LogP contribution in [0.5, 0.6) is 11.5 Å². The maximum atomic E-state index is 15.4. The SMILES string of the molecule is COc1ccc(S(=O)(=O)N2C(=O)C(c3cc(CN(C)C)ccc3OC)(N3CC(O)CC3c3ncco3)c3cc(C#N)ccc32)cc1. The average Bonchev–Trinajstić information content (AvgIpc) is 3.77. The lowest BCUT2D eigenvalue weighted by Gasteiger charge is -2.41. The zero-order chi connectivity index (χ0) is 32.8. The number of likely N-dealkylation sites (tertiary alicyclic amines) is 1. The summed E-state index contributed by atoms with van der Waals surface area (Å²) in [6.45, 7) is 0.471. The van der Waals surface area contributed by atoms with Gasteiger partial charge in [0.25, 0.3) is 15.9 Å². The van der Waals surface area contributed by atoms with E-state index in [1.807, 2.05) is 31.1 Å². The van der Waals surface area contributed by atoms with Crippen LogP contribution >= 0.6 is 0 Å². The van der Waals surface area contributed by atoms with Gasteiger partial charge in [-0.2, -0.15) is 5.26 Å². The quantitative estimate of drug-likeness (QED) is 0.286. The summed E-state index contributed by atoms with van der Waals surface area (Å²) in [5, 5.41) is 21.1. The van der Waals surface area contributed by atoms with Crippen molar-refractivity contribution in [3.8, 4) is 17.6 Å². The molecule has 3 unspecified atom stereocenters. The Morgan fingerprint density at radius 1 is 1.09 bits per heavy atom. The second-order valence-electron chi connectivity index (χ2n) is 11.5. The van der Waals surface area contributed by atoms with Crippen molar-refractivity contribution in [3.05, 3.63) is 101 Å². The fourth-order valence-corrected chi connectivity index (χ4v) is 8.01. The Morgan fingerprint density at radius 3 is 2.48 bits per heavy atom. The van der Waals surface area contributed by atoms with Crippen molar-refractivity contribution in [2.75, 3.05) is 39.2 Å². The topological polar surface area (TPSA) is 149 Å². The smallest absolute Gasteiger partial charge is 0.271 e. The molecular formula is C33H33N5O7S. The van der Waals surface area contributed by atoms with Crippen LogP contribution in [-0.2, 0) is 26.9 Å². The fraction of sp³-hybridized carbons (Fsp3) is 0.303. The van der Waals surface area contributed by atoms with Crippen LogP contribution in [0.2, 0.25) is 0 Å². The average molecular weight is 644 g/mol. The second kappa shape index (κ2) is 11.9. The molecule has 0 aliphatic carbocycles. The molecule has 0 bridgehead atoms. The largest absolute Gasteiger partial charge is 0.497 e. The van der Waals surface area contributed by atoms with E-state index in [-0.39, 0.29) is 40.6 Å². The number of aliphatic hydroxyl groups is 1. The number of anilines is 1. The number of rotatable bonds is 9. The van der Waals surface area contributed by atoms with Crippen molar-refractivity contribution in [3.63, 3.8) is 0 Å². The number of carbonyl (C=O) groups is 1. The van der Waals surface area contributed by atoms with Crippen LogP contribution in [0.25, 0.3) is 0 Å². The summed E-state index contributed by atoms with van der Waals surface area (Å²) in [5.74, 6) is 0.198. The molecule has 1 amide bonds. The van der Waals surface area contributed by atoms with Gasteiger partial charge in [-0.05, 0) is 80.7 Å². The number of nitrogens with zero attached hydrogens (tertiary/aromatic N) is 5. The van der Waals surface area contributed by atoms with Crippen molar-refractivity contribution in [1.82, 2.24) is 14.8 Å². The van der Waals surface area contributed by atoms with Gasteiger partial charge >= 0.3 is 0 Å². The predicted octanol–water partition coefficient (Wildman–Crippen LogP) is 3.41. The van der Waals surface area contributed by atoms with Crippen LogP contribution in [0.4, 0.5) is 5.69 Å². The number of sulfonamides is 1. The van der Waals surface area contributed by atoms with Crippen LogP contribution in [-0.4, -0.2) is 75.2 Å². The van der Waals surface area contributed by atoms with Crippen molar-refractivity contribution >= 4 is 21.6 Å². The minimum Gasteiger partial charge on any atom is -0.497 e. The highest BCUT2D eigenvalue weighted by Crippen LogP contribution is 2.56. The molecule has 1 N–H and O–H groups in total. The Hall–Kier alpha value is -4.74. The van der Waals surface area contributed by atoms with E-state index >= 15 is 4.79 Å². The van der Waals surface area contributed by atoms with E-state index in [1.54, 1.807) is 11.0 Å². The Balaban J connectivity index is 1.70. The van der Waals surface area contributed by atoms with Crippen LogP contribution in [0, 0.1) is 11.3 Å². The van der Waals surface area contributed by atoms with Crippen LogP contribution in [0.1, 0.15) is 40.6 Å². The number of amides is 1. The number of aliphatic hydroxyl groups excluding tert-OH is 1. The molecule has 238 valence electrons. The van der Waals surface area contributed by atoms with E-state index in [2.05, 4.69) is 11.1 Å². The minimum atomic E-state index is -4.52. The van der Waals surface area contributed by atoms with Crippen molar-refractivity contribution in [1.29, 1.82) is 5.26 Å². The molecule has 6 rings (SSSR count). The van der Waals surface area contributed by atoms with Gasteiger partial charge < -0.3 is 23.9 Å². The van der Waals surface area contributed by atoms with E-state index in [0.29, 0.717) is 23.6 Å². The molecule has 0 saturated carbocycles. The summed E-state index contributed by atoms with van der Waals surface area (Å²) < 4.78 is 46.6. The second-order valence-corrected chi connectivity index (χ2v) is 13.3. The number of ether oxygens (including phenoxy) is 2. The van der Waals surface area contributed by atoms with Gasteiger partial charge in [-0.3, -0.25) is 9.69 Å². The van der Waals surface area contributed by atoms with Gasteiger partial charge in [0.2, 0.25) is 5.89 Å². The lowest BCUT2D eigenvalue weighted by atomic mass is 9.79. The number of aromatic nitrogens is 1. The summed E-state index contributed by atoms with van der Waals surface area (Å²) in [6.07, 6.45) is 2.13. The number of methoxy groups -OCH3 is 2. The van der Waals surface area contributed by atoms with E-state index in [1.165, 1.54) is 69.1 Å². The maximum absolute atomic E-state index is 15.4. The van der Waals surface area contributed by atoms with Crippen molar-refractivity contribution in [2.24, 2.45) is 0 Å². The zero-order valence-corrected chi connectivity index (χ0v) is 26.6. The fourth-order valence-electron chi connectivity index (χ4n) is 6.55. The molecular weight excluding hydrogens is 610 g/mol. The lowest BCUT2D eigenvalue weighted by Crippen LogP contribution is -2.55. The van der Waals surface area contributed by atoms with Gasteiger partial charge in [-0.25, -0.2) is 17.7 Å². The lowest BCUT2D eigenvalue weighted by molar-refractivity contribution is -0.127. The molecule has 1 saturated heterocycles. The molecule has 0 spiro atoms. The Labute approximate surface area is 267 Å². The number of fused-ring (bicyclic) bond motifs is 1. The number of benzene rings is 3. The molecule has 3 aromatic carbocycles. The molecule has 4 aromatic rings. The standard InChI is InChI=1S/C33H33N5O7S/c1-36(2)19-22-6-12-30(44-4)27(16-22)33(37-20-23(39)17-29(37)31-35-13-14-45-31)26-15-21(18-34)5-11-28(26)38(32(33)40)46(41,42)25-9-7-24(43-3)8-10-25/h5-16,23,29,39H,17,19-20H2,1-4H3. The van der Waals surface area contributed by atoms with Crippen molar-refractivity contribution < 1.29 is 32.2 Å². The first kappa shape index (κ1) is 31.3. The van der Waals surface area contributed by atoms with Gasteiger partial charge in [0.05, 0.1) is 54.8 Å². The zero-order valence-electron chi connectivity index (χ0n) is 25.7. The number of hydrogen-bond acceptors (Lipinski definition) is 11. The molecule has 1 aromatic heterocycles. The third-order valence-corrected chi connectivity index (χ3v) is 10.1. The van der Waals surface area contributed by atoms with E-state index in [0.717, 1.165) is 9.87 Å². The number of hydrogen-bond donors (Lipinski definition) is 1. The van der Waals surface area contributed by atoms with E-state index in [4.69, 9.17) is 13.9 Å². The molecule has 46 heavy (non-hydrogen) atoms. The summed E-state index contributed by atoms with van der Waals surface area (Å²) in [6, 6.07) is 17.1. The first-order chi connectivity index (χ1) is 22.1. The van der Waals surface area contributed by atoms with E-state index < -0.39 is 33.6 Å². The maximum Gasteiger partial charge on any atom is 0.271 e. The van der Waals surface area contributed by atoms with Crippen LogP contribution < -0.4 is 13.8 Å². The number of oxazole rings is 1. The summed E-state index contributed by atoms with van der Waals surface area (Å²) in [7, 11) is 2.24. The number of carbonyl (C=O) groups excluding carboxylic acids is 1. The first-order valence-corrected chi connectivity index (χ1v) is 15.9. The first-order valence-electron chi connectivity index (χ1n) is 14.5.